The summed E-state index contributed by atoms with van der Waals surface area (Å²) in [5.41, 5.74) is 5.76. The Labute approximate surface area is 106 Å². The van der Waals surface area contributed by atoms with Crippen LogP contribution in [-0.4, -0.2) is 26.7 Å². The number of nitrogens with two attached hydrogens (primary N) is 1. The summed E-state index contributed by atoms with van der Waals surface area (Å²) in [6.45, 7) is 0.334. The van der Waals surface area contributed by atoms with Crippen LogP contribution in [0, 0.1) is 0 Å². The zero-order valence-corrected chi connectivity index (χ0v) is 10.8. The molecule has 96 valence electrons. The van der Waals surface area contributed by atoms with Gasteiger partial charge in [0.05, 0.1) is 15.6 Å². The molecule has 0 spiro atoms. The molecule has 0 radical (unpaired) electrons. The standard InChI is InChI=1S/C10H15ClN2O3S/c11-9-4-3-8(7-10(9)12)17(15,16)13-5-1-2-6-14/h3-4,7,13-14H,1-2,5-6,12H2. The van der Waals surface area contributed by atoms with E-state index in [1.807, 2.05) is 0 Å². The molecule has 17 heavy (non-hydrogen) atoms. The van der Waals surface area contributed by atoms with Crippen molar-refractivity contribution in [3.8, 4) is 0 Å². The number of hydrogen-bond donors (Lipinski definition) is 3. The van der Waals surface area contributed by atoms with E-state index < -0.39 is 10.0 Å². The largest absolute Gasteiger partial charge is 0.397 e. The zero-order chi connectivity index (χ0) is 12.9. The lowest BCUT2D eigenvalue weighted by molar-refractivity contribution is 0.285. The fourth-order valence-corrected chi connectivity index (χ4v) is 2.44. The predicted molar refractivity (Wildman–Crippen MR) is 67.4 cm³/mol. The summed E-state index contributed by atoms with van der Waals surface area (Å²) in [5.74, 6) is 0. The third-order valence-corrected chi connectivity index (χ3v) is 3.96. The number of aliphatic hydroxyl groups excluding tert-OH is 1. The Bertz CT molecular complexity index is 476. The van der Waals surface area contributed by atoms with E-state index >= 15 is 0 Å². The van der Waals surface area contributed by atoms with Crippen molar-refractivity contribution in [2.24, 2.45) is 0 Å². The number of anilines is 1. The summed E-state index contributed by atoms with van der Waals surface area (Å²) < 4.78 is 26.0. The molecule has 1 aromatic carbocycles. The lowest BCUT2D eigenvalue weighted by Gasteiger charge is -2.07. The maximum Gasteiger partial charge on any atom is 0.240 e. The monoisotopic (exact) mass is 278 g/mol. The van der Waals surface area contributed by atoms with Crippen LogP contribution in [0.1, 0.15) is 12.8 Å². The molecule has 0 aliphatic carbocycles. The summed E-state index contributed by atoms with van der Waals surface area (Å²) in [7, 11) is -3.55. The Morgan fingerprint density at radius 1 is 1.35 bits per heavy atom. The number of sulfonamides is 1. The molecule has 4 N–H and O–H groups in total. The average Bonchev–Trinajstić information content (AvgIpc) is 2.28. The van der Waals surface area contributed by atoms with Crippen molar-refractivity contribution in [3.05, 3.63) is 23.2 Å². The van der Waals surface area contributed by atoms with E-state index in [9.17, 15) is 8.42 Å². The van der Waals surface area contributed by atoms with E-state index in [4.69, 9.17) is 22.4 Å². The molecule has 0 heterocycles. The summed E-state index contributed by atoms with van der Waals surface area (Å²) >= 11 is 5.71. The van der Waals surface area contributed by atoms with Crippen molar-refractivity contribution in [2.75, 3.05) is 18.9 Å². The first-order valence-corrected chi connectivity index (χ1v) is 6.99. The predicted octanol–water partition coefficient (Wildman–Crippen LogP) is 0.973. The Kier molecular flexibility index (Phi) is 5.20. The molecule has 0 bridgehead atoms. The summed E-state index contributed by atoms with van der Waals surface area (Å²) in [6.07, 6.45) is 1.14. The number of rotatable bonds is 6. The second kappa shape index (κ2) is 6.20. The maximum absolute atomic E-state index is 11.8. The van der Waals surface area contributed by atoms with E-state index in [0.717, 1.165) is 0 Å². The number of unbranched alkanes of at least 4 members (excludes halogenated alkanes) is 1. The van der Waals surface area contributed by atoms with Crippen LogP contribution in [0.15, 0.2) is 23.1 Å². The summed E-state index contributed by atoms with van der Waals surface area (Å²) in [4.78, 5) is 0.0865. The SMILES string of the molecule is Nc1cc(S(=O)(=O)NCCCCO)ccc1Cl. The number of nitrogens with one attached hydrogen (secondary N) is 1. The van der Waals surface area contributed by atoms with Crippen LogP contribution in [0.2, 0.25) is 5.02 Å². The molecule has 5 nitrogen and oxygen atoms in total. The molecule has 0 atom stereocenters. The third-order valence-electron chi connectivity index (χ3n) is 2.15. The van der Waals surface area contributed by atoms with Crippen LogP contribution in [0.5, 0.6) is 0 Å². The fraction of sp³-hybridized carbons (Fsp3) is 0.400. The second-order valence-corrected chi connectivity index (χ2v) is 5.69. The first-order valence-electron chi connectivity index (χ1n) is 5.13. The first kappa shape index (κ1) is 14.2. The smallest absolute Gasteiger partial charge is 0.240 e. The van der Waals surface area contributed by atoms with Crippen LogP contribution >= 0.6 is 11.6 Å². The molecule has 1 rings (SSSR count). The van der Waals surface area contributed by atoms with Gasteiger partial charge in [-0.05, 0) is 31.0 Å². The maximum atomic E-state index is 11.8. The number of nitrogen functional groups attached to an aromatic ring is 1. The van der Waals surface area contributed by atoms with Crippen molar-refractivity contribution < 1.29 is 13.5 Å². The van der Waals surface area contributed by atoms with Gasteiger partial charge in [-0.3, -0.25) is 0 Å². The van der Waals surface area contributed by atoms with Crippen LogP contribution in [-0.2, 0) is 10.0 Å². The van der Waals surface area contributed by atoms with Crippen molar-refractivity contribution in [1.29, 1.82) is 0 Å². The first-order chi connectivity index (χ1) is 7.97. The minimum Gasteiger partial charge on any atom is -0.397 e. The van der Waals surface area contributed by atoms with Crippen LogP contribution in [0.3, 0.4) is 0 Å². The highest BCUT2D eigenvalue weighted by Crippen LogP contribution is 2.21. The van der Waals surface area contributed by atoms with Gasteiger partial charge in [-0.15, -0.1) is 0 Å². The number of halogens is 1. The van der Waals surface area contributed by atoms with E-state index in [1.54, 1.807) is 0 Å². The van der Waals surface area contributed by atoms with Crippen LogP contribution < -0.4 is 10.5 Å². The molecular weight excluding hydrogens is 264 g/mol. The minimum absolute atomic E-state index is 0.0512. The quantitative estimate of drug-likeness (QED) is 0.534. The molecule has 0 aliphatic heterocycles. The van der Waals surface area contributed by atoms with E-state index in [2.05, 4.69) is 4.72 Å². The van der Waals surface area contributed by atoms with Gasteiger partial charge in [0, 0.05) is 13.2 Å². The Morgan fingerprint density at radius 3 is 2.65 bits per heavy atom. The van der Waals surface area contributed by atoms with Gasteiger partial charge in [0.15, 0.2) is 0 Å². The highest BCUT2D eigenvalue weighted by molar-refractivity contribution is 7.89. The summed E-state index contributed by atoms with van der Waals surface area (Å²) in [5, 5.41) is 8.89. The Balaban J connectivity index is 2.72. The fourth-order valence-electron chi connectivity index (χ4n) is 1.22. The van der Waals surface area contributed by atoms with Gasteiger partial charge in [0.2, 0.25) is 10.0 Å². The topological polar surface area (TPSA) is 92.4 Å². The molecule has 7 heteroatoms. The van der Waals surface area contributed by atoms with Crippen molar-refractivity contribution >= 4 is 27.3 Å². The van der Waals surface area contributed by atoms with Crippen molar-refractivity contribution in [3.63, 3.8) is 0 Å². The van der Waals surface area contributed by atoms with Gasteiger partial charge in [0.1, 0.15) is 0 Å². The van der Waals surface area contributed by atoms with Crippen LogP contribution in [0.4, 0.5) is 5.69 Å². The van der Waals surface area contributed by atoms with Gasteiger partial charge >= 0.3 is 0 Å². The summed E-state index contributed by atoms with van der Waals surface area (Å²) in [6, 6.07) is 4.16. The molecule has 0 saturated carbocycles. The molecule has 0 amide bonds. The lowest BCUT2D eigenvalue weighted by Crippen LogP contribution is -2.25. The van der Waals surface area contributed by atoms with E-state index in [-0.39, 0.29) is 23.7 Å². The molecular formula is C10H15ClN2O3S. The zero-order valence-electron chi connectivity index (χ0n) is 9.19. The Hall–Kier alpha value is -0.820. The average molecular weight is 279 g/mol. The normalized spacial score (nSPS) is 11.6. The van der Waals surface area contributed by atoms with Crippen molar-refractivity contribution in [1.82, 2.24) is 4.72 Å². The van der Waals surface area contributed by atoms with Gasteiger partial charge in [-0.2, -0.15) is 0 Å². The van der Waals surface area contributed by atoms with Gasteiger partial charge in [-0.1, -0.05) is 11.6 Å². The minimum atomic E-state index is -3.55. The molecule has 0 fully saturated rings. The van der Waals surface area contributed by atoms with Gasteiger partial charge in [-0.25, -0.2) is 13.1 Å². The highest BCUT2D eigenvalue weighted by Gasteiger charge is 2.14. The molecule has 0 unspecified atom stereocenters. The number of hydrogen-bond acceptors (Lipinski definition) is 4. The van der Waals surface area contributed by atoms with Gasteiger partial charge in [0.25, 0.3) is 0 Å². The molecule has 0 saturated heterocycles. The molecule has 0 aliphatic rings. The molecule has 0 aromatic heterocycles. The molecule has 1 aromatic rings. The van der Waals surface area contributed by atoms with E-state index in [0.29, 0.717) is 17.9 Å². The second-order valence-electron chi connectivity index (χ2n) is 3.51. The van der Waals surface area contributed by atoms with Crippen molar-refractivity contribution in [2.45, 2.75) is 17.7 Å². The highest BCUT2D eigenvalue weighted by atomic mass is 35.5. The Morgan fingerprint density at radius 2 is 2.06 bits per heavy atom. The number of aliphatic hydroxyl groups is 1. The van der Waals surface area contributed by atoms with Crippen LogP contribution in [0.25, 0.3) is 0 Å². The van der Waals surface area contributed by atoms with E-state index in [1.165, 1.54) is 18.2 Å². The number of benzene rings is 1. The lowest BCUT2D eigenvalue weighted by atomic mass is 10.3. The van der Waals surface area contributed by atoms with Gasteiger partial charge < -0.3 is 10.8 Å². The third kappa shape index (κ3) is 4.16.